The van der Waals surface area contributed by atoms with E-state index in [0.717, 1.165) is 13.0 Å². The van der Waals surface area contributed by atoms with Crippen LogP contribution in [0.2, 0.25) is 0 Å². The Bertz CT molecular complexity index is 232. The average molecular weight is 181 g/mol. The molecule has 0 bridgehead atoms. The number of aliphatic hydroxyl groups is 1. The Balaban J connectivity index is 2.46. The Morgan fingerprint density at radius 2 is 2.46 bits per heavy atom. The molecule has 1 aliphatic heterocycles. The Kier molecular flexibility index (Phi) is 3.32. The summed E-state index contributed by atoms with van der Waals surface area (Å²) in [6, 6.07) is 0. The maximum absolute atomic E-state index is 11.3. The predicted molar refractivity (Wildman–Crippen MR) is 49.8 cm³/mol. The lowest BCUT2D eigenvalue weighted by Crippen LogP contribution is -2.45. The molecule has 0 aromatic rings. The molecule has 0 radical (unpaired) electrons. The fraction of sp³-hybridized carbons (Fsp3) is 0.700. The summed E-state index contributed by atoms with van der Waals surface area (Å²) in [5.41, 5.74) is 0. The number of carbonyl (C=O) groups excluding carboxylic acids is 1. The molecule has 2 atom stereocenters. The van der Waals surface area contributed by atoms with E-state index in [1.165, 1.54) is 0 Å². The number of piperidine rings is 1. The van der Waals surface area contributed by atoms with Crippen molar-refractivity contribution in [3.05, 3.63) is 0 Å². The minimum atomic E-state index is -0.393. The number of amides is 1. The minimum Gasteiger partial charge on any atom is -0.391 e. The lowest BCUT2D eigenvalue weighted by atomic mass is 9.96. The van der Waals surface area contributed by atoms with Gasteiger partial charge in [-0.1, -0.05) is 12.8 Å². The number of β-amino-alcohol motifs (C(OH)–C–C–N with tert-alkyl or cyclic N) is 1. The van der Waals surface area contributed by atoms with Crippen LogP contribution >= 0.6 is 0 Å². The first-order valence-electron chi connectivity index (χ1n) is 4.54. The zero-order chi connectivity index (χ0) is 9.84. The van der Waals surface area contributed by atoms with Gasteiger partial charge in [-0.2, -0.15) is 0 Å². The van der Waals surface area contributed by atoms with E-state index in [4.69, 9.17) is 6.42 Å². The van der Waals surface area contributed by atoms with Gasteiger partial charge in [-0.3, -0.25) is 4.79 Å². The molecule has 1 amide bonds. The molecule has 3 nitrogen and oxygen atoms in total. The second-order valence-electron chi connectivity index (χ2n) is 3.55. The summed E-state index contributed by atoms with van der Waals surface area (Å²) in [4.78, 5) is 13.0. The third kappa shape index (κ3) is 2.46. The smallest absolute Gasteiger partial charge is 0.234 e. The van der Waals surface area contributed by atoms with E-state index in [1.54, 1.807) is 4.90 Å². The monoisotopic (exact) mass is 181 g/mol. The van der Waals surface area contributed by atoms with Crippen molar-refractivity contribution < 1.29 is 9.90 Å². The Hall–Kier alpha value is -1.01. The Morgan fingerprint density at radius 1 is 1.77 bits per heavy atom. The van der Waals surface area contributed by atoms with Crippen molar-refractivity contribution in [3.8, 4) is 12.3 Å². The number of likely N-dealkylation sites (tertiary alicyclic amines) is 1. The highest BCUT2D eigenvalue weighted by atomic mass is 16.3. The fourth-order valence-electron chi connectivity index (χ4n) is 1.47. The summed E-state index contributed by atoms with van der Waals surface area (Å²) >= 11 is 0. The van der Waals surface area contributed by atoms with Gasteiger partial charge in [-0.15, -0.1) is 6.42 Å². The van der Waals surface area contributed by atoms with Crippen molar-refractivity contribution in [1.82, 2.24) is 4.90 Å². The third-order valence-corrected chi connectivity index (χ3v) is 2.52. The highest BCUT2D eigenvalue weighted by molar-refractivity contribution is 5.78. The summed E-state index contributed by atoms with van der Waals surface area (Å²) in [6.45, 7) is 3.15. The number of aliphatic hydroxyl groups excluding tert-OH is 1. The van der Waals surface area contributed by atoms with Crippen LogP contribution in [0.3, 0.4) is 0 Å². The zero-order valence-corrected chi connectivity index (χ0v) is 7.86. The summed E-state index contributed by atoms with van der Waals surface area (Å²) in [7, 11) is 0. The molecule has 1 saturated heterocycles. The number of hydrogen-bond donors (Lipinski definition) is 1. The van der Waals surface area contributed by atoms with Crippen LogP contribution in [0.25, 0.3) is 0 Å². The molecule has 1 N–H and O–H groups in total. The van der Waals surface area contributed by atoms with E-state index in [9.17, 15) is 9.90 Å². The van der Waals surface area contributed by atoms with Gasteiger partial charge in [0, 0.05) is 13.1 Å². The number of terminal acetylenes is 1. The standard InChI is InChI=1S/C10H15NO2/c1-3-4-10(13)11-6-5-8(2)9(12)7-11/h1,8-9,12H,4-7H2,2H3. The second-order valence-corrected chi connectivity index (χ2v) is 3.55. The van der Waals surface area contributed by atoms with Crippen LogP contribution in [0.1, 0.15) is 19.8 Å². The topological polar surface area (TPSA) is 40.5 Å². The van der Waals surface area contributed by atoms with Crippen molar-refractivity contribution >= 4 is 5.91 Å². The van der Waals surface area contributed by atoms with Gasteiger partial charge >= 0.3 is 0 Å². The van der Waals surface area contributed by atoms with Gasteiger partial charge < -0.3 is 10.0 Å². The molecule has 0 saturated carbocycles. The van der Waals surface area contributed by atoms with Gasteiger partial charge in [0.25, 0.3) is 0 Å². The maximum atomic E-state index is 11.3. The van der Waals surface area contributed by atoms with Crippen LogP contribution in [0.5, 0.6) is 0 Å². The molecule has 2 unspecified atom stereocenters. The first-order chi connectivity index (χ1) is 6.15. The summed E-state index contributed by atoms with van der Waals surface area (Å²) in [5, 5.41) is 9.52. The van der Waals surface area contributed by atoms with Gasteiger partial charge in [0.15, 0.2) is 0 Å². The molecule has 1 rings (SSSR count). The normalized spacial score (nSPS) is 28.2. The van der Waals surface area contributed by atoms with Crippen LogP contribution in [0.15, 0.2) is 0 Å². The molecule has 0 aliphatic carbocycles. The number of nitrogens with zero attached hydrogens (tertiary/aromatic N) is 1. The van der Waals surface area contributed by atoms with E-state index in [0.29, 0.717) is 6.54 Å². The lowest BCUT2D eigenvalue weighted by molar-refractivity contribution is -0.134. The van der Waals surface area contributed by atoms with E-state index in [-0.39, 0.29) is 18.2 Å². The van der Waals surface area contributed by atoms with Crippen molar-refractivity contribution in [2.24, 2.45) is 5.92 Å². The fourth-order valence-corrected chi connectivity index (χ4v) is 1.47. The molecule has 1 aliphatic rings. The van der Waals surface area contributed by atoms with Gasteiger partial charge in [-0.05, 0) is 12.3 Å². The summed E-state index contributed by atoms with van der Waals surface area (Å²) < 4.78 is 0. The van der Waals surface area contributed by atoms with Gasteiger partial charge in [0.2, 0.25) is 5.91 Å². The molecule has 0 aromatic heterocycles. The van der Waals surface area contributed by atoms with Crippen LogP contribution < -0.4 is 0 Å². The van der Waals surface area contributed by atoms with Crippen LogP contribution in [0.4, 0.5) is 0 Å². The van der Waals surface area contributed by atoms with Crippen LogP contribution in [-0.2, 0) is 4.79 Å². The van der Waals surface area contributed by atoms with E-state index < -0.39 is 6.10 Å². The SMILES string of the molecule is C#CCC(=O)N1CCC(C)C(O)C1. The first kappa shape index (κ1) is 10.1. The van der Waals surface area contributed by atoms with Crippen molar-refractivity contribution in [3.63, 3.8) is 0 Å². The second kappa shape index (κ2) is 4.29. The predicted octanol–water partition coefficient (Wildman–Crippen LogP) is 0.239. The van der Waals surface area contributed by atoms with Crippen LogP contribution in [0, 0.1) is 18.3 Å². The first-order valence-corrected chi connectivity index (χ1v) is 4.54. The lowest BCUT2D eigenvalue weighted by Gasteiger charge is -2.33. The highest BCUT2D eigenvalue weighted by Crippen LogP contribution is 2.17. The molecule has 3 heteroatoms. The van der Waals surface area contributed by atoms with E-state index in [1.807, 2.05) is 6.92 Å². The number of carbonyl (C=O) groups is 1. The summed E-state index contributed by atoms with van der Waals surface area (Å²) in [5.74, 6) is 2.56. The molecular weight excluding hydrogens is 166 g/mol. The van der Waals surface area contributed by atoms with Crippen LogP contribution in [-0.4, -0.2) is 35.1 Å². The Morgan fingerprint density at radius 3 is 3.00 bits per heavy atom. The molecule has 1 heterocycles. The number of rotatable bonds is 1. The van der Waals surface area contributed by atoms with Gasteiger partial charge in [0.05, 0.1) is 12.5 Å². The molecular formula is C10H15NO2. The van der Waals surface area contributed by atoms with Crippen molar-refractivity contribution in [2.75, 3.05) is 13.1 Å². The van der Waals surface area contributed by atoms with E-state index >= 15 is 0 Å². The summed E-state index contributed by atoms with van der Waals surface area (Å²) in [6.07, 6.45) is 5.64. The van der Waals surface area contributed by atoms with Crippen molar-refractivity contribution in [2.45, 2.75) is 25.9 Å². The zero-order valence-electron chi connectivity index (χ0n) is 7.86. The largest absolute Gasteiger partial charge is 0.391 e. The van der Waals surface area contributed by atoms with Gasteiger partial charge in [0.1, 0.15) is 0 Å². The van der Waals surface area contributed by atoms with Crippen molar-refractivity contribution in [1.29, 1.82) is 0 Å². The molecule has 1 fully saturated rings. The molecule has 0 aromatic carbocycles. The maximum Gasteiger partial charge on any atom is 0.234 e. The molecule has 72 valence electrons. The highest BCUT2D eigenvalue weighted by Gasteiger charge is 2.26. The molecule has 13 heavy (non-hydrogen) atoms. The Labute approximate surface area is 78.7 Å². The van der Waals surface area contributed by atoms with E-state index in [2.05, 4.69) is 5.92 Å². The average Bonchev–Trinajstić information content (AvgIpc) is 2.10. The number of hydrogen-bond acceptors (Lipinski definition) is 2. The third-order valence-electron chi connectivity index (χ3n) is 2.52. The quantitative estimate of drug-likeness (QED) is 0.589. The molecule has 0 spiro atoms. The van der Waals surface area contributed by atoms with Gasteiger partial charge in [-0.25, -0.2) is 0 Å². The minimum absolute atomic E-state index is 0.0477.